The number of hydrogen-bond donors (Lipinski definition) is 2. The normalized spacial score (nSPS) is 22.9. The highest BCUT2D eigenvalue weighted by Crippen LogP contribution is 2.53. The third-order valence-corrected chi connectivity index (χ3v) is 8.29. The quantitative estimate of drug-likeness (QED) is 0.614. The molecular formula is C19H17ClF3N5O4S2. The van der Waals surface area contributed by atoms with Crippen molar-refractivity contribution in [3.63, 3.8) is 0 Å². The highest BCUT2D eigenvalue weighted by atomic mass is 35.5. The number of aromatic nitrogens is 2. The average molecular weight is 536 g/mol. The molecule has 0 saturated carbocycles. The van der Waals surface area contributed by atoms with Gasteiger partial charge in [0.05, 0.1) is 5.57 Å². The van der Waals surface area contributed by atoms with Crippen molar-refractivity contribution in [2.45, 2.75) is 42.7 Å². The lowest BCUT2D eigenvalue weighted by atomic mass is 9.72. The van der Waals surface area contributed by atoms with Gasteiger partial charge in [-0.3, -0.25) is 14.5 Å². The van der Waals surface area contributed by atoms with Crippen LogP contribution < -0.4 is 15.4 Å². The van der Waals surface area contributed by atoms with Gasteiger partial charge in [-0.2, -0.15) is 17.9 Å². The van der Waals surface area contributed by atoms with Crippen molar-refractivity contribution in [3.8, 4) is 0 Å². The number of sulfonamides is 1. The highest BCUT2D eigenvalue weighted by molar-refractivity contribution is 7.91. The molecule has 1 aliphatic heterocycles. The summed E-state index contributed by atoms with van der Waals surface area (Å²) in [5.41, 5.74) is -0.461. The van der Waals surface area contributed by atoms with Crippen LogP contribution in [-0.4, -0.2) is 42.0 Å². The fourth-order valence-corrected chi connectivity index (χ4v) is 6.39. The molecule has 0 fully saturated rings. The monoisotopic (exact) mass is 535 g/mol. The Morgan fingerprint density at radius 1 is 1.15 bits per heavy atom. The van der Waals surface area contributed by atoms with Gasteiger partial charge in [-0.1, -0.05) is 36.8 Å². The Morgan fingerprint density at radius 2 is 1.76 bits per heavy atom. The Hall–Kier alpha value is -2.55. The summed E-state index contributed by atoms with van der Waals surface area (Å²) in [6.07, 6.45) is -5.93. The SMILES string of the molecule is CC1(C)CC(=O)C2=C(C1)N(c1ccc(Cl)cc1)C(=O)C2(NS(=O)(=O)c1nnc(N)s1)C(F)(F)F. The predicted molar refractivity (Wildman–Crippen MR) is 117 cm³/mol. The van der Waals surface area contributed by atoms with E-state index in [2.05, 4.69) is 10.2 Å². The maximum Gasteiger partial charge on any atom is 0.421 e. The number of carbonyl (C=O) groups excluding carboxylic acids is 2. The summed E-state index contributed by atoms with van der Waals surface area (Å²) in [6.45, 7) is 3.34. The summed E-state index contributed by atoms with van der Waals surface area (Å²) < 4.78 is 70.7. The van der Waals surface area contributed by atoms with E-state index in [4.69, 9.17) is 17.3 Å². The summed E-state index contributed by atoms with van der Waals surface area (Å²) >= 11 is 6.20. The number of nitrogens with two attached hydrogens (primary N) is 1. The maximum absolute atomic E-state index is 14.8. The van der Waals surface area contributed by atoms with Gasteiger partial charge in [0, 0.05) is 22.8 Å². The van der Waals surface area contributed by atoms with Crippen molar-refractivity contribution in [2.24, 2.45) is 5.41 Å². The molecule has 2 aromatic rings. The minimum Gasteiger partial charge on any atom is -0.374 e. The third kappa shape index (κ3) is 3.78. The molecule has 2 heterocycles. The Morgan fingerprint density at radius 3 is 2.29 bits per heavy atom. The van der Waals surface area contributed by atoms with Gasteiger partial charge in [-0.25, -0.2) is 8.42 Å². The van der Waals surface area contributed by atoms with Crippen LogP contribution >= 0.6 is 22.9 Å². The van der Waals surface area contributed by atoms with E-state index >= 15 is 0 Å². The van der Waals surface area contributed by atoms with Crippen molar-refractivity contribution in [3.05, 3.63) is 40.6 Å². The van der Waals surface area contributed by atoms with Crippen LogP contribution in [0.3, 0.4) is 0 Å². The molecule has 1 aliphatic carbocycles. The largest absolute Gasteiger partial charge is 0.421 e. The third-order valence-electron chi connectivity index (χ3n) is 5.47. The van der Waals surface area contributed by atoms with Crippen LogP contribution in [0.2, 0.25) is 5.02 Å². The summed E-state index contributed by atoms with van der Waals surface area (Å²) in [4.78, 5) is 27.4. The number of rotatable bonds is 4. The van der Waals surface area contributed by atoms with Gasteiger partial charge >= 0.3 is 6.18 Å². The fraction of sp³-hybridized carbons (Fsp3) is 0.368. The molecule has 1 atom stereocenters. The van der Waals surface area contributed by atoms with Gasteiger partial charge in [-0.15, -0.1) is 10.2 Å². The number of anilines is 2. The van der Waals surface area contributed by atoms with E-state index in [0.29, 0.717) is 11.3 Å². The first kappa shape index (κ1) is 24.6. The number of nitrogens with zero attached hydrogens (tertiary/aromatic N) is 3. The first-order valence-corrected chi connectivity index (χ1v) is 12.3. The van der Waals surface area contributed by atoms with Gasteiger partial charge in [-0.05, 0) is 36.1 Å². The second-order valence-electron chi connectivity index (χ2n) is 8.64. The number of halogens is 4. The maximum atomic E-state index is 14.8. The lowest BCUT2D eigenvalue weighted by Crippen LogP contribution is -2.66. The van der Waals surface area contributed by atoms with E-state index < -0.39 is 48.8 Å². The van der Waals surface area contributed by atoms with E-state index in [0.717, 1.165) is 4.90 Å². The van der Waals surface area contributed by atoms with Crippen LogP contribution in [0.15, 0.2) is 39.9 Å². The number of nitrogen functional groups attached to an aromatic ring is 1. The van der Waals surface area contributed by atoms with E-state index in [1.807, 2.05) is 0 Å². The molecule has 1 amide bonds. The molecule has 1 aromatic carbocycles. The van der Waals surface area contributed by atoms with Crippen LogP contribution in [0, 0.1) is 5.41 Å². The number of benzene rings is 1. The number of allylic oxidation sites excluding steroid dienone is 1. The number of alkyl halides is 3. The number of hydrogen-bond acceptors (Lipinski definition) is 8. The Balaban J connectivity index is 1.99. The molecule has 15 heteroatoms. The molecular weight excluding hydrogens is 519 g/mol. The Kier molecular flexibility index (Phi) is 5.59. The van der Waals surface area contributed by atoms with Gasteiger partial charge in [0.1, 0.15) is 0 Å². The summed E-state index contributed by atoms with van der Waals surface area (Å²) in [7, 11) is -5.07. The van der Waals surface area contributed by atoms with Crippen molar-refractivity contribution in [1.29, 1.82) is 0 Å². The standard InChI is InChI=1S/C19H17ClF3N5O4S2/c1-17(2)7-11-13(12(29)8-17)18(19(21,22)23,27-34(31,32)16-26-25-15(24)33-16)14(30)28(11)10-5-3-9(20)4-6-10/h3-6,27H,7-8H2,1-2H3,(H2,24,25). The Bertz CT molecular complexity index is 1340. The van der Waals surface area contributed by atoms with Crippen LogP contribution in [0.1, 0.15) is 26.7 Å². The van der Waals surface area contributed by atoms with Crippen molar-refractivity contribution in [1.82, 2.24) is 14.9 Å². The molecule has 4 rings (SSSR count). The first-order valence-electron chi connectivity index (χ1n) is 9.66. The van der Waals surface area contributed by atoms with Crippen molar-refractivity contribution >= 4 is 55.5 Å². The molecule has 0 saturated heterocycles. The van der Waals surface area contributed by atoms with Crippen LogP contribution in [0.25, 0.3) is 0 Å². The minimum absolute atomic E-state index is 0.00196. The van der Waals surface area contributed by atoms with Crippen molar-refractivity contribution in [2.75, 3.05) is 10.6 Å². The second-order valence-corrected chi connectivity index (χ2v) is 11.9. The molecule has 0 spiro atoms. The van der Waals surface area contributed by atoms with E-state index in [-0.39, 0.29) is 34.4 Å². The van der Waals surface area contributed by atoms with Gasteiger partial charge in [0.15, 0.2) is 5.78 Å². The number of Topliss-reactive ketones (excluding diaryl/α,β-unsaturated/α-hetero) is 1. The second kappa shape index (κ2) is 7.73. The number of ketones is 1. The topological polar surface area (TPSA) is 135 Å². The zero-order valence-corrected chi connectivity index (χ0v) is 20.0. The molecule has 9 nitrogen and oxygen atoms in total. The smallest absolute Gasteiger partial charge is 0.374 e. The number of amides is 1. The molecule has 182 valence electrons. The van der Waals surface area contributed by atoms with E-state index in [9.17, 15) is 31.2 Å². The average Bonchev–Trinajstić information content (AvgIpc) is 3.22. The molecule has 1 unspecified atom stereocenters. The lowest BCUT2D eigenvalue weighted by Gasteiger charge is -2.35. The molecule has 0 bridgehead atoms. The van der Waals surface area contributed by atoms with Crippen LogP contribution in [-0.2, 0) is 19.6 Å². The summed E-state index contributed by atoms with van der Waals surface area (Å²) in [6, 6.07) is 5.34. The summed E-state index contributed by atoms with van der Waals surface area (Å²) in [5.74, 6) is -2.67. The van der Waals surface area contributed by atoms with Crippen LogP contribution in [0.4, 0.5) is 24.0 Å². The van der Waals surface area contributed by atoms with Gasteiger partial charge in [0.2, 0.25) is 15.0 Å². The molecule has 2 aliphatic rings. The predicted octanol–water partition coefficient (Wildman–Crippen LogP) is 3.04. The zero-order chi connectivity index (χ0) is 25.3. The first-order chi connectivity index (χ1) is 15.6. The van der Waals surface area contributed by atoms with Gasteiger partial charge in [0.25, 0.3) is 15.9 Å². The minimum atomic E-state index is -5.52. The number of nitrogens with one attached hydrogen (secondary N) is 1. The molecule has 34 heavy (non-hydrogen) atoms. The van der Waals surface area contributed by atoms with E-state index in [1.54, 1.807) is 13.8 Å². The highest BCUT2D eigenvalue weighted by Gasteiger charge is 2.72. The van der Waals surface area contributed by atoms with Crippen LogP contribution in [0.5, 0.6) is 0 Å². The van der Waals surface area contributed by atoms with Crippen molar-refractivity contribution < 1.29 is 31.2 Å². The molecule has 3 N–H and O–H groups in total. The van der Waals surface area contributed by atoms with Gasteiger partial charge < -0.3 is 5.73 Å². The molecule has 1 aromatic heterocycles. The Labute approximate surface area is 200 Å². The zero-order valence-electron chi connectivity index (χ0n) is 17.6. The lowest BCUT2D eigenvalue weighted by molar-refractivity contribution is -0.184. The summed E-state index contributed by atoms with van der Waals surface area (Å²) in [5, 5.41) is 6.55. The molecule has 0 radical (unpaired) electrons. The number of carbonyl (C=O) groups is 2. The van der Waals surface area contributed by atoms with E-state index in [1.165, 1.54) is 29.0 Å². The fourth-order valence-electron chi connectivity index (χ4n) is 4.15.